The summed E-state index contributed by atoms with van der Waals surface area (Å²) in [6, 6.07) is 3.76. The van der Waals surface area contributed by atoms with Crippen molar-refractivity contribution in [3.05, 3.63) is 29.3 Å². The molecule has 1 aliphatic heterocycles. The molecule has 0 fully saturated rings. The lowest BCUT2D eigenvalue weighted by molar-refractivity contribution is -0.137. The molecule has 0 aliphatic carbocycles. The van der Waals surface area contributed by atoms with Gasteiger partial charge in [-0.2, -0.15) is 0 Å². The maximum absolute atomic E-state index is 11.4. The van der Waals surface area contributed by atoms with Gasteiger partial charge in [0, 0.05) is 5.69 Å². The van der Waals surface area contributed by atoms with Crippen molar-refractivity contribution in [3.8, 4) is 0 Å². The Morgan fingerprint density at radius 1 is 1.29 bits per heavy atom. The number of hydrogen-bond acceptors (Lipinski definition) is 4. The predicted octanol–water partition coefficient (Wildman–Crippen LogP) is 0.455. The third-order valence-electron chi connectivity index (χ3n) is 2.49. The minimum atomic E-state index is -0.994. The van der Waals surface area contributed by atoms with E-state index in [1.807, 2.05) is 0 Å². The molecule has 0 radical (unpaired) electrons. The van der Waals surface area contributed by atoms with E-state index in [1.54, 1.807) is 6.07 Å². The molecule has 0 saturated heterocycles. The van der Waals surface area contributed by atoms with Crippen LogP contribution in [0.4, 0.5) is 5.69 Å². The number of carbonyl (C=O) groups excluding carboxylic acids is 2. The molecule has 1 heterocycles. The average molecular weight is 234 g/mol. The number of benzene rings is 1. The topological polar surface area (TPSA) is 95.5 Å². The molecule has 1 aromatic rings. The van der Waals surface area contributed by atoms with Crippen molar-refractivity contribution in [2.75, 3.05) is 5.32 Å². The summed E-state index contributed by atoms with van der Waals surface area (Å²) in [7, 11) is 0. The first kappa shape index (κ1) is 11.1. The highest BCUT2D eigenvalue weighted by Crippen LogP contribution is 2.20. The number of nitrogens with one attached hydrogen (secondary N) is 2. The largest absolute Gasteiger partial charge is 0.480 e. The zero-order valence-electron chi connectivity index (χ0n) is 8.98. The van der Waals surface area contributed by atoms with Gasteiger partial charge in [0.15, 0.2) is 0 Å². The summed E-state index contributed by atoms with van der Waals surface area (Å²) in [5.41, 5.74) is 1.06. The van der Waals surface area contributed by atoms with Crippen LogP contribution in [-0.2, 0) is 4.79 Å². The SMILES string of the molecule is CC(Nc1ccc2c(c1)C(=O)NC2=O)C(=O)O. The van der Waals surface area contributed by atoms with Gasteiger partial charge in [-0.1, -0.05) is 0 Å². The summed E-state index contributed by atoms with van der Waals surface area (Å²) < 4.78 is 0. The Labute approximate surface area is 96.6 Å². The monoisotopic (exact) mass is 234 g/mol. The van der Waals surface area contributed by atoms with Crippen molar-refractivity contribution >= 4 is 23.5 Å². The zero-order valence-corrected chi connectivity index (χ0v) is 8.98. The molecule has 6 nitrogen and oxygen atoms in total. The summed E-state index contributed by atoms with van der Waals surface area (Å²) in [4.78, 5) is 33.3. The number of amides is 2. The Morgan fingerprint density at radius 2 is 1.94 bits per heavy atom. The van der Waals surface area contributed by atoms with E-state index in [2.05, 4.69) is 10.6 Å². The van der Waals surface area contributed by atoms with Crippen molar-refractivity contribution in [2.24, 2.45) is 0 Å². The van der Waals surface area contributed by atoms with Gasteiger partial charge in [0.05, 0.1) is 11.1 Å². The van der Waals surface area contributed by atoms with Crippen molar-refractivity contribution in [2.45, 2.75) is 13.0 Å². The number of rotatable bonds is 3. The molecule has 2 rings (SSSR count). The van der Waals surface area contributed by atoms with Gasteiger partial charge in [-0.3, -0.25) is 19.7 Å². The van der Waals surface area contributed by atoms with Crippen LogP contribution in [-0.4, -0.2) is 28.9 Å². The van der Waals surface area contributed by atoms with Crippen molar-refractivity contribution in [3.63, 3.8) is 0 Å². The Hall–Kier alpha value is -2.37. The van der Waals surface area contributed by atoms with E-state index in [4.69, 9.17) is 5.11 Å². The number of carboxylic acid groups (broad SMARTS) is 1. The van der Waals surface area contributed by atoms with Crippen LogP contribution in [0.1, 0.15) is 27.6 Å². The number of anilines is 1. The molecule has 88 valence electrons. The smallest absolute Gasteiger partial charge is 0.325 e. The van der Waals surface area contributed by atoms with Crippen LogP contribution in [0.3, 0.4) is 0 Å². The molecular formula is C11H10N2O4. The van der Waals surface area contributed by atoms with Crippen LogP contribution >= 0.6 is 0 Å². The Bertz CT molecular complexity index is 524. The third-order valence-corrected chi connectivity index (χ3v) is 2.49. The molecule has 1 aromatic carbocycles. The molecule has 0 saturated carbocycles. The Balaban J connectivity index is 2.29. The highest BCUT2D eigenvalue weighted by Gasteiger charge is 2.26. The normalized spacial score (nSPS) is 15.1. The fourth-order valence-corrected chi connectivity index (χ4v) is 1.57. The quantitative estimate of drug-likeness (QED) is 0.660. The van der Waals surface area contributed by atoms with E-state index in [9.17, 15) is 14.4 Å². The minimum Gasteiger partial charge on any atom is -0.480 e. The Kier molecular flexibility index (Phi) is 2.55. The first-order valence-electron chi connectivity index (χ1n) is 4.98. The molecule has 0 aromatic heterocycles. The van der Waals surface area contributed by atoms with E-state index in [0.717, 1.165) is 0 Å². The molecule has 0 spiro atoms. The van der Waals surface area contributed by atoms with Crippen LogP contribution in [0.25, 0.3) is 0 Å². The van der Waals surface area contributed by atoms with Gasteiger partial charge in [0.2, 0.25) is 0 Å². The second-order valence-electron chi connectivity index (χ2n) is 3.75. The molecular weight excluding hydrogens is 224 g/mol. The minimum absolute atomic E-state index is 0.262. The zero-order chi connectivity index (χ0) is 12.6. The lowest BCUT2D eigenvalue weighted by Crippen LogP contribution is -2.25. The average Bonchev–Trinajstić information content (AvgIpc) is 2.54. The molecule has 17 heavy (non-hydrogen) atoms. The number of fused-ring (bicyclic) bond motifs is 1. The number of aliphatic carboxylic acids is 1. The maximum Gasteiger partial charge on any atom is 0.325 e. The lowest BCUT2D eigenvalue weighted by atomic mass is 10.1. The predicted molar refractivity (Wildman–Crippen MR) is 59.0 cm³/mol. The first-order chi connectivity index (χ1) is 7.99. The van der Waals surface area contributed by atoms with E-state index in [0.29, 0.717) is 11.3 Å². The van der Waals surface area contributed by atoms with Gasteiger partial charge < -0.3 is 10.4 Å². The molecule has 6 heteroatoms. The molecule has 3 N–H and O–H groups in total. The number of hydrogen-bond donors (Lipinski definition) is 3. The maximum atomic E-state index is 11.4. The standard InChI is InChI=1S/C11H10N2O4/c1-5(11(16)17)12-6-2-3-7-8(4-6)10(15)13-9(7)14/h2-5,12H,1H3,(H,16,17)(H,13,14,15). The van der Waals surface area contributed by atoms with Crippen LogP contribution in [0.5, 0.6) is 0 Å². The number of imide groups is 1. The number of carboxylic acids is 1. The number of carbonyl (C=O) groups is 3. The fraction of sp³-hybridized carbons (Fsp3) is 0.182. The van der Waals surface area contributed by atoms with Crippen molar-refractivity contribution in [1.82, 2.24) is 5.32 Å². The van der Waals surface area contributed by atoms with Gasteiger partial charge in [-0.05, 0) is 25.1 Å². The summed E-state index contributed by atoms with van der Waals surface area (Å²) in [5.74, 6) is -1.88. The van der Waals surface area contributed by atoms with Gasteiger partial charge >= 0.3 is 5.97 Å². The van der Waals surface area contributed by atoms with Crippen LogP contribution in [0.15, 0.2) is 18.2 Å². The van der Waals surface area contributed by atoms with Gasteiger partial charge in [-0.15, -0.1) is 0 Å². The highest BCUT2D eigenvalue weighted by atomic mass is 16.4. The van der Waals surface area contributed by atoms with E-state index < -0.39 is 23.8 Å². The highest BCUT2D eigenvalue weighted by molar-refractivity contribution is 6.21. The molecule has 1 unspecified atom stereocenters. The van der Waals surface area contributed by atoms with Crippen molar-refractivity contribution in [1.29, 1.82) is 0 Å². The second kappa shape index (κ2) is 3.89. The molecule has 2 amide bonds. The van der Waals surface area contributed by atoms with E-state index >= 15 is 0 Å². The molecule has 0 bridgehead atoms. The van der Waals surface area contributed by atoms with Gasteiger partial charge in [0.1, 0.15) is 6.04 Å². The fourth-order valence-electron chi connectivity index (χ4n) is 1.57. The van der Waals surface area contributed by atoms with Crippen LogP contribution in [0.2, 0.25) is 0 Å². The van der Waals surface area contributed by atoms with E-state index in [1.165, 1.54) is 19.1 Å². The first-order valence-corrected chi connectivity index (χ1v) is 4.98. The summed E-state index contributed by atoms with van der Waals surface area (Å²) in [5, 5.41) is 13.6. The third kappa shape index (κ3) is 1.96. The summed E-state index contributed by atoms with van der Waals surface area (Å²) in [6.45, 7) is 1.49. The van der Waals surface area contributed by atoms with E-state index in [-0.39, 0.29) is 5.56 Å². The lowest BCUT2D eigenvalue weighted by Gasteiger charge is -2.10. The van der Waals surface area contributed by atoms with Crippen molar-refractivity contribution < 1.29 is 19.5 Å². The summed E-state index contributed by atoms with van der Waals surface area (Å²) >= 11 is 0. The van der Waals surface area contributed by atoms with Crippen LogP contribution in [0, 0.1) is 0 Å². The van der Waals surface area contributed by atoms with Gasteiger partial charge in [-0.25, -0.2) is 0 Å². The Morgan fingerprint density at radius 3 is 2.59 bits per heavy atom. The van der Waals surface area contributed by atoms with Crippen LogP contribution < -0.4 is 10.6 Å². The summed E-state index contributed by atoms with van der Waals surface area (Å²) in [6.07, 6.45) is 0. The molecule has 1 aliphatic rings. The van der Waals surface area contributed by atoms with Gasteiger partial charge in [0.25, 0.3) is 11.8 Å². The molecule has 1 atom stereocenters. The second-order valence-corrected chi connectivity index (χ2v) is 3.75.